The molecule has 0 radical (unpaired) electrons. The predicted molar refractivity (Wildman–Crippen MR) is 111 cm³/mol. The molecule has 6 heteroatoms. The van der Waals surface area contributed by atoms with Gasteiger partial charge >= 0.3 is 11.9 Å². The lowest BCUT2D eigenvalue weighted by Gasteiger charge is -2.22. The minimum absolute atomic E-state index is 0.0723. The van der Waals surface area contributed by atoms with Gasteiger partial charge in [0.2, 0.25) is 0 Å². The van der Waals surface area contributed by atoms with E-state index in [0.29, 0.717) is 12.2 Å². The maximum atomic E-state index is 10.9. The molecule has 1 aliphatic rings. The van der Waals surface area contributed by atoms with Crippen molar-refractivity contribution in [3.8, 4) is 11.5 Å². The van der Waals surface area contributed by atoms with Crippen LogP contribution in [0, 0.1) is 0 Å². The van der Waals surface area contributed by atoms with Gasteiger partial charge in [0, 0.05) is 6.42 Å². The highest BCUT2D eigenvalue weighted by Gasteiger charge is 2.16. The zero-order chi connectivity index (χ0) is 21.1. The van der Waals surface area contributed by atoms with Crippen LogP contribution in [0.2, 0.25) is 0 Å². The third-order valence-electron chi connectivity index (χ3n) is 4.58. The molecule has 1 aliphatic heterocycles. The number of benzene rings is 2. The molecule has 0 aliphatic carbocycles. The SMILES string of the molecule is CC(C(=O)O)c1cccc(Oc2ccccc2)c1.CCC(=O)OC1CCNCC1. The van der Waals surface area contributed by atoms with Gasteiger partial charge in [-0.15, -0.1) is 0 Å². The number of carbonyl (C=O) groups excluding carboxylic acids is 1. The fraction of sp³-hybridized carbons (Fsp3) is 0.391. The molecule has 1 fully saturated rings. The molecule has 1 saturated heterocycles. The second-order valence-electron chi connectivity index (χ2n) is 6.84. The quantitative estimate of drug-likeness (QED) is 0.702. The van der Waals surface area contributed by atoms with Crippen molar-refractivity contribution in [2.75, 3.05) is 13.1 Å². The molecular weight excluding hydrogens is 370 g/mol. The van der Waals surface area contributed by atoms with Crippen molar-refractivity contribution >= 4 is 11.9 Å². The number of carboxylic acid groups (broad SMARTS) is 1. The van der Waals surface area contributed by atoms with Crippen LogP contribution in [-0.4, -0.2) is 36.2 Å². The Morgan fingerprint density at radius 1 is 1.07 bits per heavy atom. The van der Waals surface area contributed by atoms with E-state index in [1.165, 1.54) is 0 Å². The van der Waals surface area contributed by atoms with E-state index >= 15 is 0 Å². The molecule has 29 heavy (non-hydrogen) atoms. The van der Waals surface area contributed by atoms with Gasteiger partial charge in [0.05, 0.1) is 5.92 Å². The Labute approximate surface area is 171 Å². The Balaban J connectivity index is 0.000000234. The number of aliphatic carboxylic acids is 1. The van der Waals surface area contributed by atoms with Crippen molar-refractivity contribution in [1.29, 1.82) is 0 Å². The molecule has 0 amide bonds. The third kappa shape index (κ3) is 7.95. The first-order chi connectivity index (χ1) is 14.0. The van der Waals surface area contributed by atoms with Crippen molar-refractivity contribution in [2.24, 2.45) is 0 Å². The van der Waals surface area contributed by atoms with Gasteiger partial charge in [-0.2, -0.15) is 0 Å². The highest BCUT2D eigenvalue weighted by atomic mass is 16.5. The van der Waals surface area contributed by atoms with Crippen LogP contribution in [0.5, 0.6) is 11.5 Å². The molecule has 2 aromatic carbocycles. The lowest BCUT2D eigenvalue weighted by atomic mass is 10.0. The standard InChI is InChI=1S/C15H14O3.C8H15NO2/c1-11(15(16)17)12-6-5-9-14(10-12)18-13-7-3-2-4-8-13;1-2-8(10)11-7-3-5-9-6-4-7/h2-11H,1H3,(H,16,17);7,9H,2-6H2,1H3. The number of nitrogens with one attached hydrogen (secondary N) is 1. The summed E-state index contributed by atoms with van der Waals surface area (Å²) in [5, 5.41) is 12.2. The van der Waals surface area contributed by atoms with E-state index in [1.807, 2.05) is 43.3 Å². The van der Waals surface area contributed by atoms with Gasteiger partial charge in [-0.1, -0.05) is 37.3 Å². The van der Waals surface area contributed by atoms with E-state index in [2.05, 4.69) is 5.32 Å². The van der Waals surface area contributed by atoms with Crippen LogP contribution >= 0.6 is 0 Å². The Morgan fingerprint density at radius 3 is 2.34 bits per heavy atom. The predicted octanol–water partition coefficient (Wildman–Crippen LogP) is 4.36. The van der Waals surface area contributed by atoms with Crippen LogP contribution in [0.25, 0.3) is 0 Å². The first-order valence-electron chi connectivity index (χ1n) is 9.95. The molecular formula is C23H29NO5. The average molecular weight is 399 g/mol. The summed E-state index contributed by atoms with van der Waals surface area (Å²) >= 11 is 0. The Bertz CT molecular complexity index is 772. The van der Waals surface area contributed by atoms with Crippen LogP contribution in [-0.2, 0) is 14.3 Å². The number of piperidine rings is 1. The van der Waals surface area contributed by atoms with E-state index < -0.39 is 11.9 Å². The molecule has 0 saturated carbocycles. The van der Waals surface area contributed by atoms with Gasteiger partial charge in [0.1, 0.15) is 17.6 Å². The monoisotopic (exact) mass is 399 g/mol. The van der Waals surface area contributed by atoms with Gasteiger partial charge in [0.25, 0.3) is 0 Å². The Kier molecular flexibility index (Phi) is 9.18. The van der Waals surface area contributed by atoms with E-state index in [4.69, 9.17) is 14.6 Å². The number of carbonyl (C=O) groups is 2. The number of rotatable bonds is 6. The summed E-state index contributed by atoms with van der Waals surface area (Å²) in [6, 6.07) is 16.6. The maximum absolute atomic E-state index is 10.9. The van der Waals surface area contributed by atoms with Crippen molar-refractivity contribution in [1.82, 2.24) is 5.32 Å². The molecule has 2 aromatic rings. The van der Waals surface area contributed by atoms with Crippen LogP contribution in [0.1, 0.15) is 44.6 Å². The summed E-state index contributed by atoms with van der Waals surface area (Å²) in [6.45, 7) is 5.43. The number of carboxylic acids is 1. The highest BCUT2D eigenvalue weighted by molar-refractivity contribution is 5.75. The summed E-state index contributed by atoms with van der Waals surface area (Å²) in [5.74, 6) is -0.0717. The zero-order valence-corrected chi connectivity index (χ0v) is 17.0. The van der Waals surface area contributed by atoms with Gasteiger partial charge in [-0.3, -0.25) is 9.59 Å². The average Bonchev–Trinajstić information content (AvgIpc) is 2.75. The minimum atomic E-state index is -0.841. The largest absolute Gasteiger partial charge is 0.481 e. The summed E-state index contributed by atoms with van der Waals surface area (Å²) in [6.07, 6.45) is 2.59. The van der Waals surface area contributed by atoms with E-state index in [1.54, 1.807) is 25.1 Å². The molecule has 1 heterocycles. The first-order valence-corrected chi connectivity index (χ1v) is 9.95. The molecule has 156 valence electrons. The molecule has 2 N–H and O–H groups in total. The lowest BCUT2D eigenvalue weighted by Crippen LogP contribution is -2.33. The minimum Gasteiger partial charge on any atom is -0.481 e. The zero-order valence-electron chi connectivity index (χ0n) is 17.0. The number of hydrogen-bond donors (Lipinski definition) is 2. The summed E-state index contributed by atoms with van der Waals surface area (Å²) < 4.78 is 10.8. The number of esters is 1. The smallest absolute Gasteiger partial charge is 0.310 e. The van der Waals surface area contributed by atoms with Crippen LogP contribution in [0.4, 0.5) is 0 Å². The van der Waals surface area contributed by atoms with Crippen LogP contribution in [0.3, 0.4) is 0 Å². The summed E-state index contributed by atoms with van der Waals surface area (Å²) in [4.78, 5) is 21.8. The van der Waals surface area contributed by atoms with Crippen LogP contribution in [0.15, 0.2) is 54.6 Å². The molecule has 1 atom stereocenters. The summed E-state index contributed by atoms with van der Waals surface area (Å²) in [5.41, 5.74) is 0.732. The normalized spacial score (nSPS) is 14.8. The molecule has 1 unspecified atom stereocenters. The fourth-order valence-electron chi connectivity index (χ4n) is 2.80. The molecule has 0 spiro atoms. The van der Waals surface area contributed by atoms with E-state index in [0.717, 1.165) is 37.2 Å². The first kappa shape index (κ1) is 22.4. The molecule has 0 bridgehead atoms. The number of para-hydroxylation sites is 1. The van der Waals surface area contributed by atoms with Gasteiger partial charge in [-0.25, -0.2) is 0 Å². The molecule has 0 aromatic heterocycles. The van der Waals surface area contributed by atoms with Gasteiger partial charge < -0.3 is 19.9 Å². The van der Waals surface area contributed by atoms with Crippen molar-refractivity contribution in [2.45, 2.75) is 45.1 Å². The Hall–Kier alpha value is -2.86. The highest BCUT2D eigenvalue weighted by Crippen LogP contribution is 2.25. The van der Waals surface area contributed by atoms with E-state index in [-0.39, 0.29) is 12.1 Å². The van der Waals surface area contributed by atoms with E-state index in [9.17, 15) is 9.59 Å². The van der Waals surface area contributed by atoms with Crippen molar-refractivity contribution in [3.05, 3.63) is 60.2 Å². The van der Waals surface area contributed by atoms with Crippen LogP contribution < -0.4 is 10.1 Å². The topological polar surface area (TPSA) is 84.9 Å². The maximum Gasteiger partial charge on any atom is 0.310 e. The second-order valence-corrected chi connectivity index (χ2v) is 6.84. The second kappa shape index (κ2) is 11.9. The fourth-order valence-corrected chi connectivity index (χ4v) is 2.80. The number of hydrogen-bond acceptors (Lipinski definition) is 5. The lowest BCUT2D eigenvalue weighted by molar-refractivity contribution is -0.149. The Morgan fingerprint density at radius 2 is 1.72 bits per heavy atom. The van der Waals surface area contributed by atoms with Gasteiger partial charge in [0.15, 0.2) is 0 Å². The molecule has 6 nitrogen and oxygen atoms in total. The molecule has 3 rings (SSSR count). The van der Waals surface area contributed by atoms with Crippen molar-refractivity contribution < 1.29 is 24.2 Å². The van der Waals surface area contributed by atoms with Crippen molar-refractivity contribution in [3.63, 3.8) is 0 Å². The third-order valence-corrected chi connectivity index (χ3v) is 4.58. The van der Waals surface area contributed by atoms with Gasteiger partial charge in [-0.05, 0) is 62.7 Å². The summed E-state index contributed by atoms with van der Waals surface area (Å²) in [7, 11) is 0. The number of ether oxygens (including phenoxy) is 2.